The lowest BCUT2D eigenvalue weighted by molar-refractivity contribution is -0.117. The summed E-state index contributed by atoms with van der Waals surface area (Å²) in [5.41, 5.74) is 0. The molecule has 0 unspecified atom stereocenters. The zero-order valence-corrected chi connectivity index (χ0v) is 17.8. The zero-order valence-electron chi connectivity index (χ0n) is 17.8. The maximum atomic E-state index is 12.1. The molecule has 32 heavy (non-hydrogen) atoms. The lowest BCUT2D eigenvalue weighted by Crippen LogP contribution is -2.16. The number of pyridine rings is 1. The molecule has 0 atom stereocenters. The first kappa shape index (κ1) is 22.8. The number of ether oxygens (including phenoxy) is 2. The van der Waals surface area contributed by atoms with Gasteiger partial charge in [-0.1, -0.05) is 42.5 Å². The van der Waals surface area contributed by atoms with Gasteiger partial charge in [-0.25, -0.2) is 4.98 Å². The highest BCUT2D eigenvalue weighted by molar-refractivity contribution is 5.91. The van der Waals surface area contributed by atoms with Crippen molar-refractivity contribution >= 4 is 23.5 Å². The van der Waals surface area contributed by atoms with E-state index >= 15 is 0 Å². The van der Waals surface area contributed by atoms with Gasteiger partial charge in [0.2, 0.25) is 11.8 Å². The summed E-state index contributed by atoms with van der Waals surface area (Å²) in [6.45, 7) is 0.907. The zero-order chi connectivity index (χ0) is 22.4. The first-order chi connectivity index (χ1) is 15.7. The number of para-hydroxylation sites is 2. The number of nitrogens with zero attached hydrogens (tertiary/aromatic N) is 1. The molecule has 2 amide bonds. The quantitative estimate of drug-likeness (QED) is 0.405. The molecule has 3 aromatic rings. The molecule has 1 aromatic heterocycles. The monoisotopic (exact) mass is 433 g/mol. The molecule has 0 saturated heterocycles. The summed E-state index contributed by atoms with van der Waals surface area (Å²) in [6.07, 6.45) is 1.80. The van der Waals surface area contributed by atoms with Crippen molar-refractivity contribution in [2.24, 2.45) is 0 Å². The fourth-order valence-corrected chi connectivity index (χ4v) is 2.86. The predicted octanol–water partition coefficient (Wildman–Crippen LogP) is 4.68. The molecule has 2 N–H and O–H groups in total. The van der Waals surface area contributed by atoms with Gasteiger partial charge in [-0.05, 0) is 49.2 Å². The van der Waals surface area contributed by atoms with E-state index in [1.807, 2.05) is 60.7 Å². The number of hydrogen-bond donors (Lipinski definition) is 2. The summed E-state index contributed by atoms with van der Waals surface area (Å²) in [5.74, 6) is 2.04. The van der Waals surface area contributed by atoms with E-state index in [-0.39, 0.29) is 11.8 Å². The molecule has 0 spiro atoms. The number of amides is 2. The average Bonchev–Trinajstić information content (AvgIpc) is 2.81. The van der Waals surface area contributed by atoms with Gasteiger partial charge in [0.15, 0.2) is 0 Å². The van der Waals surface area contributed by atoms with Crippen LogP contribution in [-0.4, -0.2) is 30.0 Å². The molecule has 1 heterocycles. The SMILES string of the molecule is O=C(CCCOc1ccccc1)Nc1cccc(NC(=O)CCCOc2ccccc2)n1. The largest absolute Gasteiger partial charge is 0.494 e. The summed E-state index contributed by atoms with van der Waals surface area (Å²) in [6, 6.07) is 24.0. The molecule has 0 aliphatic carbocycles. The molecule has 0 saturated carbocycles. The van der Waals surface area contributed by atoms with Crippen LogP contribution in [-0.2, 0) is 9.59 Å². The van der Waals surface area contributed by atoms with Crippen molar-refractivity contribution < 1.29 is 19.1 Å². The Labute approximate surface area is 187 Å². The van der Waals surface area contributed by atoms with E-state index in [0.717, 1.165) is 11.5 Å². The number of carbonyl (C=O) groups excluding carboxylic acids is 2. The molecule has 0 bridgehead atoms. The number of anilines is 2. The van der Waals surface area contributed by atoms with Crippen LogP contribution in [0, 0.1) is 0 Å². The third-order valence-electron chi connectivity index (χ3n) is 4.40. The number of hydrogen-bond acceptors (Lipinski definition) is 5. The Bertz CT molecular complexity index is 904. The van der Waals surface area contributed by atoms with Gasteiger partial charge < -0.3 is 20.1 Å². The highest BCUT2D eigenvalue weighted by atomic mass is 16.5. The Hall–Kier alpha value is -3.87. The second kappa shape index (κ2) is 12.7. The minimum absolute atomic E-state index is 0.157. The molecule has 0 radical (unpaired) electrons. The summed E-state index contributed by atoms with van der Waals surface area (Å²) >= 11 is 0. The second-order valence-corrected chi connectivity index (χ2v) is 7.03. The first-order valence-corrected chi connectivity index (χ1v) is 10.6. The predicted molar refractivity (Wildman–Crippen MR) is 124 cm³/mol. The van der Waals surface area contributed by atoms with E-state index in [2.05, 4.69) is 15.6 Å². The van der Waals surface area contributed by atoms with Crippen LogP contribution in [0.25, 0.3) is 0 Å². The van der Waals surface area contributed by atoms with Crippen LogP contribution in [0.3, 0.4) is 0 Å². The molecule has 7 nitrogen and oxygen atoms in total. The van der Waals surface area contributed by atoms with Crippen LogP contribution < -0.4 is 20.1 Å². The molecule has 7 heteroatoms. The fraction of sp³-hybridized carbons (Fsp3) is 0.240. The van der Waals surface area contributed by atoms with Crippen LogP contribution in [0.15, 0.2) is 78.9 Å². The van der Waals surface area contributed by atoms with Gasteiger partial charge in [0, 0.05) is 12.8 Å². The van der Waals surface area contributed by atoms with E-state index in [4.69, 9.17) is 9.47 Å². The minimum atomic E-state index is -0.157. The van der Waals surface area contributed by atoms with Gasteiger partial charge >= 0.3 is 0 Å². The molecule has 0 fully saturated rings. The van der Waals surface area contributed by atoms with Crippen LogP contribution in [0.1, 0.15) is 25.7 Å². The number of rotatable bonds is 12. The smallest absolute Gasteiger partial charge is 0.225 e. The Balaban J connectivity index is 1.33. The van der Waals surface area contributed by atoms with E-state index in [0.29, 0.717) is 50.5 Å². The normalized spacial score (nSPS) is 10.2. The van der Waals surface area contributed by atoms with Crippen molar-refractivity contribution in [2.75, 3.05) is 23.8 Å². The lowest BCUT2D eigenvalue weighted by Gasteiger charge is -2.09. The lowest BCUT2D eigenvalue weighted by atomic mass is 10.3. The van der Waals surface area contributed by atoms with Crippen molar-refractivity contribution in [3.63, 3.8) is 0 Å². The maximum Gasteiger partial charge on any atom is 0.225 e. The molecule has 166 valence electrons. The van der Waals surface area contributed by atoms with E-state index in [9.17, 15) is 9.59 Å². The Morgan fingerprint density at radius 1 is 0.625 bits per heavy atom. The number of nitrogens with one attached hydrogen (secondary N) is 2. The van der Waals surface area contributed by atoms with Crippen molar-refractivity contribution in [3.05, 3.63) is 78.9 Å². The van der Waals surface area contributed by atoms with Gasteiger partial charge in [0.1, 0.15) is 23.1 Å². The van der Waals surface area contributed by atoms with Gasteiger partial charge in [-0.15, -0.1) is 0 Å². The maximum absolute atomic E-state index is 12.1. The molecule has 2 aromatic carbocycles. The highest BCUT2D eigenvalue weighted by Gasteiger charge is 2.07. The summed E-state index contributed by atoms with van der Waals surface area (Å²) in [5, 5.41) is 5.50. The Morgan fingerprint density at radius 3 is 1.50 bits per heavy atom. The second-order valence-electron chi connectivity index (χ2n) is 7.03. The van der Waals surface area contributed by atoms with Crippen LogP contribution in [0.4, 0.5) is 11.6 Å². The van der Waals surface area contributed by atoms with Crippen molar-refractivity contribution in [1.82, 2.24) is 4.98 Å². The fourth-order valence-electron chi connectivity index (χ4n) is 2.86. The molecule has 0 aliphatic heterocycles. The van der Waals surface area contributed by atoms with Gasteiger partial charge in [0.05, 0.1) is 13.2 Å². The van der Waals surface area contributed by atoms with E-state index in [1.54, 1.807) is 18.2 Å². The van der Waals surface area contributed by atoms with Gasteiger partial charge in [-0.2, -0.15) is 0 Å². The summed E-state index contributed by atoms with van der Waals surface area (Å²) in [4.78, 5) is 28.6. The number of carbonyl (C=O) groups is 2. The Kier molecular flexibility index (Phi) is 9.08. The van der Waals surface area contributed by atoms with E-state index < -0.39 is 0 Å². The standard InChI is InChI=1S/C25H27N3O4/c29-24(16-8-18-31-20-10-3-1-4-11-20)27-22-14-7-15-23(26-22)28-25(30)17-9-19-32-21-12-5-2-6-13-21/h1-7,10-15H,8-9,16-19H2,(H2,26,27,28,29,30). The van der Waals surface area contributed by atoms with Crippen molar-refractivity contribution in [1.29, 1.82) is 0 Å². The number of benzene rings is 2. The highest BCUT2D eigenvalue weighted by Crippen LogP contribution is 2.12. The minimum Gasteiger partial charge on any atom is -0.494 e. The first-order valence-electron chi connectivity index (χ1n) is 10.6. The van der Waals surface area contributed by atoms with Gasteiger partial charge in [-0.3, -0.25) is 9.59 Å². The third-order valence-corrected chi connectivity index (χ3v) is 4.40. The Morgan fingerprint density at radius 2 is 1.06 bits per heavy atom. The molecular formula is C25H27N3O4. The van der Waals surface area contributed by atoms with Crippen LogP contribution in [0.5, 0.6) is 11.5 Å². The van der Waals surface area contributed by atoms with Crippen molar-refractivity contribution in [2.45, 2.75) is 25.7 Å². The summed E-state index contributed by atoms with van der Waals surface area (Å²) in [7, 11) is 0. The van der Waals surface area contributed by atoms with Crippen LogP contribution in [0.2, 0.25) is 0 Å². The molecule has 3 rings (SSSR count). The summed E-state index contributed by atoms with van der Waals surface area (Å²) < 4.78 is 11.2. The number of aromatic nitrogens is 1. The third kappa shape index (κ3) is 8.47. The van der Waals surface area contributed by atoms with Gasteiger partial charge in [0.25, 0.3) is 0 Å². The van der Waals surface area contributed by atoms with Crippen LogP contribution >= 0.6 is 0 Å². The van der Waals surface area contributed by atoms with E-state index in [1.165, 1.54) is 0 Å². The molecule has 0 aliphatic rings. The average molecular weight is 434 g/mol. The topological polar surface area (TPSA) is 89.6 Å². The van der Waals surface area contributed by atoms with Crippen molar-refractivity contribution in [3.8, 4) is 11.5 Å². The molecular weight excluding hydrogens is 406 g/mol.